The number of imide groups is 1. The maximum absolute atomic E-state index is 12.6. The molecule has 3 amide bonds. The Morgan fingerprint density at radius 3 is 2.11 bits per heavy atom. The number of nitrogens with zero attached hydrogens (tertiary/aromatic N) is 4. The topological polar surface area (TPSA) is 90.5 Å². The molecule has 0 aliphatic carbocycles. The first kappa shape index (κ1) is 20.3. The van der Waals surface area contributed by atoms with Crippen LogP contribution in [0.1, 0.15) is 12.8 Å². The second-order valence-electron chi connectivity index (χ2n) is 6.65. The van der Waals surface area contributed by atoms with Crippen molar-refractivity contribution in [2.24, 2.45) is 0 Å². The number of carbonyl (C=O) groups excluding carboxylic acids is 2. The van der Waals surface area contributed by atoms with E-state index in [4.69, 9.17) is 4.74 Å². The van der Waals surface area contributed by atoms with E-state index in [0.717, 1.165) is 4.90 Å². The van der Waals surface area contributed by atoms with Crippen molar-refractivity contribution >= 4 is 22.1 Å². The average molecular weight is 414 g/mol. The maximum atomic E-state index is 12.6. The fourth-order valence-corrected chi connectivity index (χ4v) is 5.12. The largest absolute Gasteiger partial charge is 0.406 e. The number of rotatable bonds is 4. The lowest BCUT2D eigenvalue weighted by molar-refractivity contribution is -0.151. The number of hydrogen-bond donors (Lipinski definition) is 0. The molecule has 0 unspecified atom stereocenters. The zero-order valence-electron chi connectivity index (χ0n) is 14.5. The highest BCUT2D eigenvalue weighted by molar-refractivity contribution is 7.86. The average Bonchev–Trinajstić information content (AvgIpc) is 2.89. The molecule has 0 aromatic carbocycles. The van der Waals surface area contributed by atoms with Crippen molar-refractivity contribution in [2.75, 3.05) is 52.5 Å². The number of morpholine rings is 1. The molecule has 3 saturated heterocycles. The molecule has 3 aliphatic heterocycles. The highest BCUT2D eigenvalue weighted by atomic mass is 32.2. The van der Waals surface area contributed by atoms with Crippen molar-refractivity contribution in [3.05, 3.63) is 0 Å². The van der Waals surface area contributed by atoms with E-state index in [9.17, 15) is 31.2 Å². The van der Waals surface area contributed by atoms with Crippen molar-refractivity contribution in [1.29, 1.82) is 0 Å². The summed E-state index contributed by atoms with van der Waals surface area (Å²) in [5.41, 5.74) is 0. The van der Waals surface area contributed by atoms with E-state index < -0.39 is 47.5 Å². The molecular formula is C14H21F3N4O5S. The molecule has 0 bridgehead atoms. The number of carbonyl (C=O) groups is 2. The van der Waals surface area contributed by atoms with Gasteiger partial charge in [0.2, 0.25) is 0 Å². The van der Waals surface area contributed by atoms with Crippen LogP contribution in [0, 0.1) is 0 Å². The minimum atomic E-state index is -4.66. The number of amides is 3. The van der Waals surface area contributed by atoms with Gasteiger partial charge in [-0.15, -0.1) is 0 Å². The number of piperidine rings is 1. The van der Waals surface area contributed by atoms with E-state index in [-0.39, 0.29) is 43.9 Å². The van der Waals surface area contributed by atoms with E-state index in [1.807, 2.05) is 0 Å². The van der Waals surface area contributed by atoms with Gasteiger partial charge in [-0.2, -0.15) is 30.2 Å². The molecule has 3 fully saturated rings. The number of hydrogen-bond acceptors (Lipinski definition) is 5. The van der Waals surface area contributed by atoms with Gasteiger partial charge >= 0.3 is 12.2 Å². The van der Waals surface area contributed by atoms with Gasteiger partial charge in [0.05, 0.1) is 13.2 Å². The summed E-state index contributed by atoms with van der Waals surface area (Å²) in [6.45, 7) is -0.532. The number of halogens is 3. The molecule has 3 heterocycles. The van der Waals surface area contributed by atoms with Gasteiger partial charge in [-0.3, -0.25) is 9.69 Å². The van der Waals surface area contributed by atoms with Gasteiger partial charge < -0.3 is 9.64 Å². The summed E-state index contributed by atoms with van der Waals surface area (Å²) in [5, 5.41) is 0. The highest BCUT2D eigenvalue weighted by Crippen LogP contribution is 2.26. The molecule has 0 aromatic rings. The standard InChI is InChI=1S/C14H21F3N4O5S/c15-14(16,17)10-21-12(22)9-20(13(21)23)11-1-3-18(4-2-11)27(24,25)19-5-7-26-8-6-19/h11H,1-10H2. The summed E-state index contributed by atoms with van der Waals surface area (Å²) in [4.78, 5) is 25.3. The summed E-state index contributed by atoms with van der Waals surface area (Å²) in [7, 11) is -3.63. The van der Waals surface area contributed by atoms with Gasteiger partial charge in [-0.05, 0) is 12.8 Å². The molecule has 0 saturated carbocycles. The van der Waals surface area contributed by atoms with Gasteiger partial charge in [0.25, 0.3) is 16.1 Å². The number of urea groups is 1. The fourth-order valence-electron chi connectivity index (χ4n) is 3.51. The lowest BCUT2D eigenvalue weighted by Gasteiger charge is -2.38. The third-order valence-corrected chi connectivity index (χ3v) is 6.94. The molecule has 3 rings (SSSR count). The second-order valence-corrected chi connectivity index (χ2v) is 8.58. The molecule has 27 heavy (non-hydrogen) atoms. The minimum Gasteiger partial charge on any atom is -0.379 e. The molecule has 154 valence electrons. The summed E-state index contributed by atoms with van der Waals surface area (Å²) >= 11 is 0. The van der Waals surface area contributed by atoms with Crippen LogP contribution in [-0.4, -0.2) is 103 Å². The Kier molecular flexibility index (Phi) is 5.66. The minimum absolute atomic E-state index is 0.140. The third kappa shape index (κ3) is 4.36. The van der Waals surface area contributed by atoms with E-state index >= 15 is 0 Å². The first-order valence-corrected chi connectivity index (χ1v) is 10.00. The molecule has 3 aliphatic rings. The van der Waals surface area contributed by atoms with Crippen molar-refractivity contribution in [2.45, 2.75) is 25.1 Å². The highest BCUT2D eigenvalue weighted by Gasteiger charge is 2.46. The van der Waals surface area contributed by atoms with E-state index in [1.165, 1.54) is 8.61 Å². The Morgan fingerprint density at radius 2 is 1.56 bits per heavy atom. The van der Waals surface area contributed by atoms with Crippen LogP contribution in [0.5, 0.6) is 0 Å². The summed E-state index contributed by atoms with van der Waals surface area (Å²) < 4.78 is 70.6. The van der Waals surface area contributed by atoms with E-state index in [0.29, 0.717) is 13.2 Å². The molecule has 0 radical (unpaired) electrons. The fraction of sp³-hybridized carbons (Fsp3) is 0.857. The van der Waals surface area contributed by atoms with Crippen molar-refractivity contribution in [3.63, 3.8) is 0 Å². The van der Waals surface area contributed by atoms with Gasteiger partial charge in [0.15, 0.2) is 0 Å². The first-order valence-electron chi connectivity index (χ1n) is 8.60. The predicted molar refractivity (Wildman–Crippen MR) is 85.8 cm³/mol. The summed E-state index contributed by atoms with van der Waals surface area (Å²) in [6.07, 6.45) is -4.12. The molecule has 0 atom stereocenters. The van der Waals surface area contributed by atoms with Crippen LogP contribution in [0.25, 0.3) is 0 Å². The van der Waals surface area contributed by atoms with Crippen LogP contribution in [0.15, 0.2) is 0 Å². The Hall–Kier alpha value is -1.44. The maximum Gasteiger partial charge on any atom is 0.406 e. The Bertz CT molecular complexity index is 687. The van der Waals surface area contributed by atoms with Gasteiger partial charge in [0, 0.05) is 32.2 Å². The van der Waals surface area contributed by atoms with Gasteiger partial charge in [-0.1, -0.05) is 0 Å². The molecule has 0 spiro atoms. The van der Waals surface area contributed by atoms with E-state index in [1.54, 1.807) is 0 Å². The predicted octanol–water partition coefficient (Wildman–Crippen LogP) is -0.146. The van der Waals surface area contributed by atoms with Gasteiger partial charge in [-0.25, -0.2) is 4.79 Å². The number of alkyl halides is 3. The van der Waals surface area contributed by atoms with Crippen molar-refractivity contribution in [1.82, 2.24) is 18.4 Å². The molecule has 9 nitrogen and oxygen atoms in total. The summed E-state index contributed by atoms with van der Waals surface area (Å²) in [5.74, 6) is -0.888. The van der Waals surface area contributed by atoms with E-state index in [2.05, 4.69) is 0 Å². The van der Waals surface area contributed by atoms with Crippen molar-refractivity contribution in [3.8, 4) is 0 Å². The molecule has 0 N–H and O–H groups in total. The Balaban J connectivity index is 1.59. The summed E-state index contributed by atoms with van der Waals surface area (Å²) in [6, 6.07) is -1.43. The zero-order chi connectivity index (χ0) is 19.8. The molecular weight excluding hydrogens is 393 g/mol. The SMILES string of the molecule is O=C1CN(C2CCN(S(=O)(=O)N3CCOCC3)CC2)C(=O)N1CC(F)(F)F. The Morgan fingerprint density at radius 1 is 1.00 bits per heavy atom. The first-order chi connectivity index (χ1) is 12.6. The van der Waals surface area contributed by atoms with Gasteiger partial charge in [0.1, 0.15) is 13.1 Å². The van der Waals surface area contributed by atoms with Crippen LogP contribution < -0.4 is 0 Å². The van der Waals surface area contributed by atoms with Crippen LogP contribution in [-0.2, 0) is 19.7 Å². The van der Waals surface area contributed by atoms with Crippen LogP contribution >= 0.6 is 0 Å². The quantitative estimate of drug-likeness (QED) is 0.597. The Labute approximate surface area is 154 Å². The lowest BCUT2D eigenvalue weighted by Crippen LogP contribution is -2.53. The second kappa shape index (κ2) is 7.53. The smallest absolute Gasteiger partial charge is 0.379 e. The zero-order valence-corrected chi connectivity index (χ0v) is 15.3. The molecule has 0 aromatic heterocycles. The van der Waals surface area contributed by atoms with Crippen LogP contribution in [0.2, 0.25) is 0 Å². The normalized spacial score (nSPS) is 24.9. The van der Waals surface area contributed by atoms with Crippen LogP contribution in [0.3, 0.4) is 0 Å². The van der Waals surface area contributed by atoms with Crippen LogP contribution in [0.4, 0.5) is 18.0 Å². The van der Waals surface area contributed by atoms with Crippen molar-refractivity contribution < 1.29 is 35.9 Å². The monoisotopic (exact) mass is 414 g/mol. The molecule has 13 heteroatoms. The number of ether oxygens (including phenoxy) is 1. The third-order valence-electron chi connectivity index (χ3n) is 4.91. The lowest BCUT2D eigenvalue weighted by atomic mass is 10.1.